The third-order valence-electron chi connectivity index (χ3n) is 3.76. The Labute approximate surface area is 165 Å². The first kappa shape index (κ1) is 20.5. The van der Waals surface area contributed by atoms with Crippen LogP contribution in [0.3, 0.4) is 0 Å². The number of rotatable bonds is 10. The van der Waals surface area contributed by atoms with Crippen molar-refractivity contribution in [1.29, 1.82) is 5.26 Å². The van der Waals surface area contributed by atoms with Crippen LogP contribution >= 0.6 is 11.6 Å². The van der Waals surface area contributed by atoms with Crippen LogP contribution in [0.25, 0.3) is 0 Å². The summed E-state index contributed by atoms with van der Waals surface area (Å²) in [4.78, 5) is 8.29. The Morgan fingerprint density at radius 1 is 1.11 bits per heavy atom. The maximum atomic E-state index is 8.82. The fraction of sp³-hybridized carbons (Fsp3) is 0.350. The second-order valence-corrected chi connectivity index (χ2v) is 6.34. The van der Waals surface area contributed by atoms with E-state index >= 15 is 0 Å². The van der Waals surface area contributed by atoms with Gasteiger partial charge in [-0.1, -0.05) is 36.9 Å². The van der Waals surface area contributed by atoms with Gasteiger partial charge in [-0.25, -0.2) is 4.99 Å². The zero-order chi connectivity index (χ0) is 19.2. The summed E-state index contributed by atoms with van der Waals surface area (Å²) >= 11 is 5.92. The van der Waals surface area contributed by atoms with Crippen LogP contribution in [0.4, 0.5) is 5.69 Å². The van der Waals surface area contributed by atoms with Crippen LogP contribution in [0.5, 0.6) is 5.75 Å². The fourth-order valence-electron chi connectivity index (χ4n) is 2.42. The smallest absolute Gasteiger partial charge is 0.209 e. The maximum Gasteiger partial charge on any atom is 0.209 e. The van der Waals surface area contributed by atoms with Crippen LogP contribution in [-0.4, -0.2) is 24.1 Å². The van der Waals surface area contributed by atoms with Crippen molar-refractivity contribution in [2.45, 2.75) is 32.1 Å². The summed E-state index contributed by atoms with van der Waals surface area (Å²) in [6.07, 6.45) is 10.6. The number of aliphatic imine (C=N–C) groups is 1. The van der Waals surface area contributed by atoms with Gasteiger partial charge in [-0.3, -0.25) is 10.3 Å². The minimum atomic E-state index is 0.457. The lowest BCUT2D eigenvalue weighted by atomic mass is 10.1. The second-order valence-electron chi connectivity index (χ2n) is 5.90. The number of pyridine rings is 1. The molecule has 6 nitrogen and oxygen atoms in total. The van der Waals surface area contributed by atoms with E-state index in [9.17, 15) is 0 Å². The third kappa shape index (κ3) is 8.93. The van der Waals surface area contributed by atoms with Gasteiger partial charge < -0.3 is 10.1 Å². The Bertz CT molecular complexity index is 746. The number of aromatic nitrogens is 1. The quantitative estimate of drug-likeness (QED) is 0.208. The molecule has 0 aliphatic carbocycles. The molecule has 27 heavy (non-hydrogen) atoms. The van der Waals surface area contributed by atoms with Gasteiger partial charge >= 0.3 is 0 Å². The van der Waals surface area contributed by atoms with Crippen molar-refractivity contribution >= 4 is 23.2 Å². The van der Waals surface area contributed by atoms with Gasteiger partial charge in [0.1, 0.15) is 5.75 Å². The van der Waals surface area contributed by atoms with Crippen molar-refractivity contribution in [1.82, 2.24) is 15.6 Å². The van der Waals surface area contributed by atoms with Crippen LogP contribution in [-0.2, 0) is 0 Å². The van der Waals surface area contributed by atoms with E-state index in [0.717, 1.165) is 50.1 Å². The number of nitrogens with zero attached hydrogens (tertiary/aromatic N) is 3. The van der Waals surface area contributed by atoms with E-state index < -0.39 is 0 Å². The largest absolute Gasteiger partial charge is 0.494 e. The third-order valence-corrected chi connectivity index (χ3v) is 3.99. The lowest BCUT2D eigenvalue weighted by Gasteiger charge is -2.08. The first-order valence-electron chi connectivity index (χ1n) is 9.04. The monoisotopic (exact) mass is 385 g/mol. The van der Waals surface area contributed by atoms with E-state index in [0.29, 0.717) is 17.6 Å². The zero-order valence-electron chi connectivity index (χ0n) is 15.2. The first-order chi connectivity index (χ1) is 13.3. The highest BCUT2D eigenvalue weighted by Gasteiger charge is 1.99. The summed E-state index contributed by atoms with van der Waals surface area (Å²) in [5.41, 5.74) is 0.745. The molecule has 0 fully saturated rings. The van der Waals surface area contributed by atoms with Crippen LogP contribution in [0.1, 0.15) is 32.1 Å². The summed E-state index contributed by atoms with van der Waals surface area (Å²) in [7, 11) is 0. The van der Waals surface area contributed by atoms with Crippen molar-refractivity contribution in [3.63, 3.8) is 0 Å². The molecule has 1 aromatic carbocycles. The number of hydrogen-bond donors (Lipinski definition) is 2. The Hall–Kier alpha value is -2.78. The Morgan fingerprint density at radius 2 is 1.89 bits per heavy atom. The predicted molar refractivity (Wildman–Crippen MR) is 108 cm³/mol. The SMILES string of the molecule is N#CN/C(=N\c1ccncc1)NCCCCCCCOc1cccc(Cl)c1. The number of halogens is 1. The van der Waals surface area contributed by atoms with Crippen LogP contribution in [0, 0.1) is 11.5 Å². The van der Waals surface area contributed by atoms with Gasteiger partial charge in [0.25, 0.3) is 0 Å². The highest BCUT2D eigenvalue weighted by Crippen LogP contribution is 2.17. The molecule has 0 unspecified atom stereocenters. The molecule has 0 radical (unpaired) electrons. The number of nitriles is 1. The Kier molecular flexibility index (Phi) is 9.55. The summed E-state index contributed by atoms with van der Waals surface area (Å²) < 4.78 is 5.67. The molecule has 7 heteroatoms. The van der Waals surface area contributed by atoms with Gasteiger partial charge in [0.2, 0.25) is 5.96 Å². The summed E-state index contributed by atoms with van der Waals surface area (Å²) in [6.45, 7) is 1.46. The van der Waals surface area contributed by atoms with E-state index in [1.165, 1.54) is 0 Å². The summed E-state index contributed by atoms with van der Waals surface area (Å²) in [6, 6.07) is 11.0. The van der Waals surface area contributed by atoms with Crippen LogP contribution in [0.2, 0.25) is 5.02 Å². The molecule has 0 atom stereocenters. The molecule has 2 rings (SSSR count). The highest BCUT2D eigenvalue weighted by atomic mass is 35.5. The Balaban J connectivity index is 1.54. The highest BCUT2D eigenvalue weighted by molar-refractivity contribution is 6.30. The predicted octanol–water partition coefficient (Wildman–Crippen LogP) is 4.41. The van der Waals surface area contributed by atoms with E-state index in [2.05, 4.69) is 20.6 Å². The minimum absolute atomic E-state index is 0.457. The molecule has 0 amide bonds. The van der Waals surface area contributed by atoms with Gasteiger partial charge in [-0.05, 0) is 43.2 Å². The molecule has 1 aromatic heterocycles. The minimum Gasteiger partial charge on any atom is -0.494 e. The van der Waals surface area contributed by atoms with Crippen molar-refractivity contribution in [2.75, 3.05) is 13.2 Å². The van der Waals surface area contributed by atoms with Gasteiger partial charge in [-0.15, -0.1) is 0 Å². The number of guanidine groups is 1. The van der Waals surface area contributed by atoms with E-state index in [1.54, 1.807) is 24.5 Å². The van der Waals surface area contributed by atoms with E-state index in [-0.39, 0.29) is 0 Å². The average molecular weight is 386 g/mol. The van der Waals surface area contributed by atoms with Crippen LogP contribution in [0.15, 0.2) is 53.8 Å². The fourth-order valence-corrected chi connectivity index (χ4v) is 2.60. The summed E-state index contributed by atoms with van der Waals surface area (Å²) in [5, 5.41) is 15.2. The average Bonchev–Trinajstić information content (AvgIpc) is 2.67. The number of nitrogens with one attached hydrogen (secondary N) is 2. The molecule has 2 N–H and O–H groups in total. The molecule has 0 aliphatic heterocycles. The van der Waals surface area contributed by atoms with Crippen molar-refractivity contribution in [3.05, 3.63) is 53.8 Å². The van der Waals surface area contributed by atoms with Crippen molar-refractivity contribution in [3.8, 4) is 11.9 Å². The van der Waals surface area contributed by atoms with Gasteiger partial charge in [0, 0.05) is 24.0 Å². The molecule has 0 spiro atoms. The first-order valence-corrected chi connectivity index (χ1v) is 9.42. The molecule has 0 aliphatic rings. The van der Waals surface area contributed by atoms with Crippen LogP contribution < -0.4 is 15.4 Å². The molecule has 2 aromatic rings. The molecular formula is C20H24ClN5O. The van der Waals surface area contributed by atoms with Gasteiger partial charge in [-0.2, -0.15) is 5.26 Å². The Morgan fingerprint density at radius 3 is 2.67 bits per heavy atom. The molecule has 1 heterocycles. The van der Waals surface area contributed by atoms with Gasteiger partial charge in [0.05, 0.1) is 12.3 Å². The molecular weight excluding hydrogens is 362 g/mol. The maximum absolute atomic E-state index is 8.82. The van der Waals surface area contributed by atoms with E-state index in [1.807, 2.05) is 30.5 Å². The summed E-state index contributed by atoms with van der Waals surface area (Å²) in [5.74, 6) is 1.27. The van der Waals surface area contributed by atoms with Crippen molar-refractivity contribution < 1.29 is 4.74 Å². The number of benzene rings is 1. The van der Waals surface area contributed by atoms with Crippen molar-refractivity contribution in [2.24, 2.45) is 4.99 Å². The normalized spacial score (nSPS) is 10.9. The zero-order valence-corrected chi connectivity index (χ0v) is 16.0. The molecule has 0 bridgehead atoms. The van der Waals surface area contributed by atoms with Gasteiger partial charge in [0.15, 0.2) is 6.19 Å². The lowest BCUT2D eigenvalue weighted by Crippen LogP contribution is -2.34. The second kappa shape index (κ2) is 12.6. The number of ether oxygens (including phenoxy) is 1. The lowest BCUT2D eigenvalue weighted by molar-refractivity contribution is 0.304. The number of hydrogen-bond acceptors (Lipinski definition) is 4. The molecule has 0 saturated carbocycles. The standard InChI is InChI=1S/C20H24ClN5O/c21-17-7-6-8-19(15-17)27-14-5-3-1-2-4-11-24-20(25-16-22)26-18-9-12-23-13-10-18/h6-10,12-13,15H,1-5,11,14H2,(H2,23,24,25,26). The van der Waals surface area contributed by atoms with E-state index in [4.69, 9.17) is 21.6 Å². The molecule has 142 valence electrons. The molecule has 0 saturated heterocycles. The topological polar surface area (TPSA) is 82.3 Å². The number of unbranched alkanes of at least 4 members (excludes halogenated alkanes) is 4.